The number of alkyl carbamates (subject to hydrolysis) is 1. The Morgan fingerprint density at radius 3 is 2.82 bits per heavy atom. The lowest BCUT2D eigenvalue weighted by atomic mass is 10.1. The molecule has 1 rings (SSSR count). The van der Waals surface area contributed by atoms with Crippen molar-refractivity contribution < 1.29 is 19.4 Å². The van der Waals surface area contributed by atoms with E-state index in [2.05, 4.69) is 10.1 Å². The van der Waals surface area contributed by atoms with E-state index in [1.807, 2.05) is 0 Å². The molecule has 2 N–H and O–H groups in total. The van der Waals surface area contributed by atoms with E-state index in [1.165, 1.54) is 0 Å². The number of carboxylic acid groups (broad SMARTS) is 1. The second-order valence-corrected chi connectivity index (χ2v) is 2.32. The van der Waals surface area contributed by atoms with Crippen molar-refractivity contribution in [1.29, 1.82) is 0 Å². The van der Waals surface area contributed by atoms with E-state index in [1.54, 1.807) is 6.92 Å². The summed E-state index contributed by atoms with van der Waals surface area (Å²) in [6.45, 7) is 1.79. The summed E-state index contributed by atoms with van der Waals surface area (Å²) in [6.07, 6.45) is -1.11. The van der Waals surface area contributed by atoms with Crippen LogP contribution in [0, 0.1) is 0 Å². The molecular weight excluding hydrogens is 150 g/mol. The number of cyclic esters (lactones) is 1. The molecule has 0 aliphatic carbocycles. The first-order valence-corrected chi connectivity index (χ1v) is 3.35. The van der Waals surface area contributed by atoms with E-state index >= 15 is 0 Å². The highest BCUT2D eigenvalue weighted by Gasteiger charge is 2.37. The summed E-state index contributed by atoms with van der Waals surface area (Å²) in [4.78, 5) is 20.9. The summed E-state index contributed by atoms with van der Waals surface area (Å²) < 4.78 is 4.48. The van der Waals surface area contributed by atoms with Gasteiger partial charge >= 0.3 is 12.1 Å². The van der Waals surface area contributed by atoms with E-state index in [-0.39, 0.29) is 6.04 Å². The molecule has 0 saturated carbocycles. The highest BCUT2D eigenvalue weighted by molar-refractivity contribution is 5.82. The predicted octanol–water partition coefficient (Wildman–Crippen LogP) is -0.0420. The van der Waals surface area contributed by atoms with Crippen LogP contribution in [0.5, 0.6) is 0 Å². The Morgan fingerprint density at radius 2 is 2.45 bits per heavy atom. The summed E-state index contributed by atoms with van der Waals surface area (Å²) in [6, 6.07) is -0.389. The Labute approximate surface area is 63.3 Å². The van der Waals surface area contributed by atoms with Crippen LogP contribution in [0.3, 0.4) is 0 Å². The molecule has 1 fully saturated rings. The van der Waals surface area contributed by atoms with Crippen LogP contribution in [-0.2, 0) is 9.53 Å². The van der Waals surface area contributed by atoms with Crippen molar-refractivity contribution in [3.05, 3.63) is 0 Å². The van der Waals surface area contributed by atoms with Crippen LogP contribution >= 0.6 is 0 Å². The number of carbonyl (C=O) groups is 2. The van der Waals surface area contributed by atoms with E-state index in [0.29, 0.717) is 6.42 Å². The fourth-order valence-electron chi connectivity index (χ4n) is 0.997. The zero-order valence-corrected chi connectivity index (χ0v) is 6.03. The zero-order chi connectivity index (χ0) is 8.43. The van der Waals surface area contributed by atoms with Gasteiger partial charge in [0.1, 0.15) is 0 Å². The molecule has 0 unspecified atom stereocenters. The fraction of sp³-hybridized carbons (Fsp3) is 0.667. The quantitative estimate of drug-likeness (QED) is 0.592. The molecule has 1 aliphatic heterocycles. The molecule has 1 heterocycles. The Balaban J connectivity index is 2.64. The van der Waals surface area contributed by atoms with Crippen molar-refractivity contribution in [3.63, 3.8) is 0 Å². The fourth-order valence-corrected chi connectivity index (χ4v) is 0.997. The highest BCUT2D eigenvalue weighted by atomic mass is 16.6. The average molecular weight is 159 g/mol. The Kier molecular flexibility index (Phi) is 1.98. The van der Waals surface area contributed by atoms with Gasteiger partial charge in [-0.1, -0.05) is 6.92 Å². The molecule has 1 amide bonds. The maximum atomic E-state index is 10.5. The van der Waals surface area contributed by atoms with Crippen molar-refractivity contribution in [2.45, 2.75) is 25.5 Å². The SMILES string of the molecule is CC[C@H]1NC(=O)O[C@H]1C(=O)O. The molecule has 1 aliphatic rings. The van der Waals surface area contributed by atoms with Gasteiger partial charge in [0.05, 0.1) is 6.04 Å². The van der Waals surface area contributed by atoms with Crippen LogP contribution in [0.4, 0.5) is 4.79 Å². The van der Waals surface area contributed by atoms with Gasteiger partial charge in [-0.15, -0.1) is 0 Å². The molecule has 2 atom stereocenters. The monoisotopic (exact) mass is 159 g/mol. The molecule has 0 spiro atoms. The molecule has 0 aromatic heterocycles. The molecule has 5 nitrogen and oxygen atoms in total. The maximum absolute atomic E-state index is 10.5. The predicted molar refractivity (Wildman–Crippen MR) is 35.1 cm³/mol. The van der Waals surface area contributed by atoms with Gasteiger partial charge in [-0.3, -0.25) is 0 Å². The van der Waals surface area contributed by atoms with Crippen LogP contribution in [-0.4, -0.2) is 29.3 Å². The van der Waals surface area contributed by atoms with E-state index in [4.69, 9.17) is 5.11 Å². The maximum Gasteiger partial charge on any atom is 0.408 e. The molecule has 1 saturated heterocycles. The Morgan fingerprint density at radius 1 is 1.82 bits per heavy atom. The van der Waals surface area contributed by atoms with Gasteiger partial charge in [-0.2, -0.15) is 0 Å². The van der Waals surface area contributed by atoms with Gasteiger partial charge in [0.15, 0.2) is 0 Å². The van der Waals surface area contributed by atoms with Crippen molar-refractivity contribution >= 4 is 12.1 Å². The number of amides is 1. The second kappa shape index (κ2) is 2.77. The topological polar surface area (TPSA) is 75.6 Å². The average Bonchev–Trinajstić information content (AvgIpc) is 2.30. The minimum absolute atomic E-state index is 0.389. The van der Waals surface area contributed by atoms with E-state index < -0.39 is 18.2 Å². The summed E-state index contributed by atoms with van der Waals surface area (Å²) in [7, 11) is 0. The van der Waals surface area contributed by atoms with Crippen molar-refractivity contribution in [3.8, 4) is 0 Å². The highest BCUT2D eigenvalue weighted by Crippen LogP contribution is 2.11. The first-order valence-electron chi connectivity index (χ1n) is 3.35. The standard InChI is InChI=1S/C6H9NO4/c1-2-3-4(5(8)9)11-6(10)7-3/h3-4H,2H2,1H3,(H,7,10)(H,8,9)/t3-,4-/m1/s1. The van der Waals surface area contributed by atoms with Gasteiger partial charge in [-0.25, -0.2) is 9.59 Å². The molecule has 0 radical (unpaired) electrons. The number of hydrogen-bond donors (Lipinski definition) is 2. The number of carbonyl (C=O) groups excluding carboxylic acids is 1. The Hall–Kier alpha value is -1.26. The minimum atomic E-state index is -1.10. The smallest absolute Gasteiger partial charge is 0.408 e. The minimum Gasteiger partial charge on any atom is -0.478 e. The third-order valence-corrected chi connectivity index (χ3v) is 1.59. The zero-order valence-electron chi connectivity index (χ0n) is 6.03. The molecule has 11 heavy (non-hydrogen) atoms. The first-order chi connectivity index (χ1) is 5.15. The third kappa shape index (κ3) is 1.42. The van der Waals surface area contributed by atoms with Gasteiger partial charge < -0.3 is 15.2 Å². The summed E-state index contributed by atoms with van der Waals surface area (Å²) in [5, 5.41) is 10.9. The lowest BCUT2D eigenvalue weighted by Gasteiger charge is -2.08. The largest absolute Gasteiger partial charge is 0.478 e. The molecule has 0 bridgehead atoms. The number of carboxylic acids is 1. The van der Waals surface area contributed by atoms with Crippen molar-refractivity contribution in [1.82, 2.24) is 5.32 Å². The van der Waals surface area contributed by atoms with Crippen LogP contribution in [0.2, 0.25) is 0 Å². The molecule has 5 heteroatoms. The van der Waals surface area contributed by atoms with Crippen LogP contribution in [0.15, 0.2) is 0 Å². The van der Waals surface area contributed by atoms with Crippen LogP contribution in [0.1, 0.15) is 13.3 Å². The van der Waals surface area contributed by atoms with E-state index in [0.717, 1.165) is 0 Å². The molecular formula is C6H9NO4. The molecule has 0 aromatic rings. The van der Waals surface area contributed by atoms with Gasteiger partial charge in [0, 0.05) is 0 Å². The summed E-state index contributed by atoms with van der Waals surface area (Å²) >= 11 is 0. The molecule has 0 aromatic carbocycles. The molecule has 62 valence electrons. The van der Waals surface area contributed by atoms with Crippen molar-refractivity contribution in [2.75, 3.05) is 0 Å². The lowest BCUT2D eigenvalue weighted by Crippen LogP contribution is -2.35. The Bertz CT molecular complexity index is 191. The number of aliphatic carboxylic acids is 1. The lowest BCUT2D eigenvalue weighted by molar-refractivity contribution is -0.145. The normalized spacial score (nSPS) is 29.4. The number of nitrogens with one attached hydrogen (secondary N) is 1. The van der Waals surface area contributed by atoms with Crippen LogP contribution < -0.4 is 5.32 Å². The van der Waals surface area contributed by atoms with Gasteiger partial charge in [0.25, 0.3) is 0 Å². The van der Waals surface area contributed by atoms with Crippen molar-refractivity contribution in [2.24, 2.45) is 0 Å². The first kappa shape index (κ1) is 7.84. The van der Waals surface area contributed by atoms with E-state index in [9.17, 15) is 9.59 Å². The van der Waals surface area contributed by atoms with Gasteiger partial charge in [0.2, 0.25) is 6.10 Å². The van der Waals surface area contributed by atoms with Crippen LogP contribution in [0.25, 0.3) is 0 Å². The summed E-state index contributed by atoms with van der Waals surface area (Å²) in [5.41, 5.74) is 0. The number of rotatable bonds is 2. The number of ether oxygens (including phenoxy) is 1. The summed E-state index contributed by atoms with van der Waals surface area (Å²) in [5.74, 6) is -1.10. The third-order valence-electron chi connectivity index (χ3n) is 1.59. The second-order valence-electron chi connectivity index (χ2n) is 2.32. The number of hydrogen-bond acceptors (Lipinski definition) is 3. The van der Waals surface area contributed by atoms with Gasteiger partial charge in [-0.05, 0) is 6.42 Å².